The predicted octanol–water partition coefficient (Wildman–Crippen LogP) is 2.78. The largest absolute Gasteiger partial charge is 0.326 e. The molecule has 108 valence electrons. The third-order valence-electron chi connectivity index (χ3n) is 4.04. The summed E-state index contributed by atoms with van der Waals surface area (Å²) in [6, 6.07) is 5.45. The first kappa shape index (κ1) is 15.4. The molecule has 1 aliphatic heterocycles. The Bertz CT molecular complexity index is 419. The minimum Gasteiger partial charge on any atom is -0.326 e. The number of nitrogens with zero attached hydrogens (tertiary/aromatic N) is 2. The summed E-state index contributed by atoms with van der Waals surface area (Å²) in [5.41, 5.74) is 6.26. The van der Waals surface area contributed by atoms with Crippen LogP contribution in [0.5, 0.6) is 0 Å². The van der Waals surface area contributed by atoms with Gasteiger partial charge in [-0.1, -0.05) is 6.92 Å². The van der Waals surface area contributed by atoms with Crippen molar-refractivity contribution in [2.75, 3.05) is 27.2 Å². The van der Waals surface area contributed by atoms with Crippen molar-refractivity contribution in [3.05, 3.63) is 20.8 Å². The number of nitrogens with two attached hydrogens (primary N) is 1. The highest BCUT2D eigenvalue weighted by molar-refractivity contribution is 9.11. The molecule has 3 nitrogen and oxygen atoms in total. The van der Waals surface area contributed by atoms with Crippen molar-refractivity contribution in [2.45, 2.75) is 32.0 Å². The van der Waals surface area contributed by atoms with Crippen LogP contribution in [0.1, 0.15) is 24.8 Å². The zero-order valence-electron chi connectivity index (χ0n) is 12.1. The molecule has 0 saturated carbocycles. The Hall–Kier alpha value is 0.0600. The average Bonchev–Trinajstić information content (AvgIpc) is 2.86. The van der Waals surface area contributed by atoms with E-state index in [0.29, 0.717) is 18.0 Å². The van der Waals surface area contributed by atoms with E-state index in [1.165, 1.54) is 8.66 Å². The fourth-order valence-corrected chi connectivity index (χ4v) is 4.82. The molecule has 0 amide bonds. The Morgan fingerprint density at radius 2 is 2.11 bits per heavy atom. The summed E-state index contributed by atoms with van der Waals surface area (Å²) in [7, 11) is 4.35. The zero-order valence-corrected chi connectivity index (χ0v) is 14.5. The highest BCUT2D eigenvalue weighted by Crippen LogP contribution is 2.35. The molecule has 1 aromatic rings. The molecule has 2 N–H and O–H groups in total. The standard InChI is InChI=1S/C14H24BrN3S/c1-9-7-18(8-11(9)17(3)4)14(10(2)16)12-5-6-13(15)19-12/h5-6,9-11,14H,7-8,16H2,1-4H3. The third-order valence-corrected chi connectivity index (χ3v) is 5.74. The van der Waals surface area contributed by atoms with E-state index in [4.69, 9.17) is 5.73 Å². The number of rotatable bonds is 4. The minimum absolute atomic E-state index is 0.152. The first-order chi connectivity index (χ1) is 8.90. The molecule has 2 rings (SSSR count). The van der Waals surface area contributed by atoms with Gasteiger partial charge in [0.05, 0.1) is 9.83 Å². The molecule has 0 radical (unpaired) electrons. The summed E-state index contributed by atoms with van der Waals surface area (Å²) in [5.74, 6) is 0.694. The summed E-state index contributed by atoms with van der Waals surface area (Å²) in [4.78, 5) is 6.26. The summed E-state index contributed by atoms with van der Waals surface area (Å²) < 4.78 is 1.18. The van der Waals surface area contributed by atoms with Crippen LogP contribution < -0.4 is 5.73 Å². The summed E-state index contributed by atoms with van der Waals surface area (Å²) in [6.45, 7) is 6.69. The second-order valence-corrected chi connectivity index (χ2v) is 8.40. The van der Waals surface area contributed by atoms with Crippen molar-refractivity contribution in [2.24, 2.45) is 11.7 Å². The molecule has 4 atom stereocenters. The fourth-order valence-electron chi connectivity index (χ4n) is 3.14. The van der Waals surface area contributed by atoms with E-state index in [9.17, 15) is 0 Å². The van der Waals surface area contributed by atoms with Gasteiger partial charge < -0.3 is 10.6 Å². The van der Waals surface area contributed by atoms with Crippen LogP contribution in [0, 0.1) is 5.92 Å². The van der Waals surface area contributed by atoms with E-state index in [1.807, 2.05) is 0 Å². The molecular formula is C14H24BrN3S. The SMILES string of the molecule is CC(N)C(c1ccc(Br)s1)N1CC(C)C(N(C)C)C1. The van der Waals surface area contributed by atoms with Gasteiger partial charge in [0.2, 0.25) is 0 Å². The third kappa shape index (κ3) is 3.39. The van der Waals surface area contributed by atoms with Crippen molar-refractivity contribution < 1.29 is 0 Å². The van der Waals surface area contributed by atoms with Gasteiger partial charge in [0.25, 0.3) is 0 Å². The molecule has 1 fully saturated rings. The first-order valence-electron chi connectivity index (χ1n) is 6.81. The second kappa shape index (κ2) is 6.22. The molecule has 1 aromatic heterocycles. The van der Waals surface area contributed by atoms with Gasteiger partial charge in [-0.3, -0.25) is 4.90 Å². The molecule has 0 aliphatic carbocycles. The van der Waals surface area contributed by atoms with Gasteiger partial charge in [0.1, 0.15) is 0 Å². The maximum Gasteiger partial charge on any atom is 0.0702 e. The van der Waals surface area contributed by atoms with Gasteiger partial charge in [-0.15, -0.1) is 11.3 Å². The van der Waals surface area contributed by atoms with E-state index >= 15 is 0 Å². The van der Waals surface area contributed by atoms with E-state index in [2.05, 4.69) is 65.8 Å². The monoisotopic (exact) mass is 345 g/mol. The Balaban J connectivity index is 2.18. The van der Waals surface area contributed by atoms with Gasteiger partial charge >= 0.3 is 0 Å². The van der Waals surface area contributed by atoms with Crippen LogP contribution in [0.2, 0.25) is 0 Å². The number of likely N-dealkylation sites (N-methyl/N-ethyl adjacent to an activating group) is 1. The number of hydrogen-bond donors (Lipinski definition) is 1. The fraction of sp³-hybridized carbons (Fsp3) is 0.714. The van der Waals surface area contributed by atoms with Crippen molar-refractivity contribution in [1.82, 2.24) is 9.80 Å². The van der Waals surface area contributed by atoms with Crippen molar-refractivity contribution >= 4 is 27.3 Å². The average molecular weight is 346 g/mol. The summed E-state index contributed by atoms with van der Waals surface area (Å²) in [5, 5.41) is 0. The molecular weight excluding hydrogens is 322 g/mol. The van der Waals surface area contributed by atoms with Crippen LogP contribution in [-0.2, 0) is 0 Å². The Morgan fingerprint density at radius 3 is 2.53 bits per heavy atom. The van der Waals surface area contributed by atoms with E-state index in [1.54, 1.807) is 11.3 Å². The quantitative estimate of drug-likeness (QED) is 0.910. The Labute approximate surface area is 128 Å². The number of thiophene rings is 1. The van der Waals surface area contributed by atoms with E-state index in [-0.39, 0.29) is 6.04 Å². The van der Waals surface area contributed by atoms with Crippen LogP contribution in [0.3, 0.4) is 0 Å². The molecule has 4 unspecified atom stereocenters. The predicted molar refractivity (Wildman–Crippen MR) is 86.6 cm³/mol. The van der Waals surface area contributed by atoms with Crippen molar-refractivity contribution in [1.29, 1.82) is 0 Å². The van der Waals surface area contributed by atoms with Gasteiger partial charge in [0.15, 0.2) is 0 Å². The minimum atomic E-state index is 0.152. The molecule has 1 aliphatic rings. The lowest BCUT2D eigenvalue weighted by Crippen LogP contribution is -2.40. The molecule has 1 saturated heterocycles. The van der Waals surface area contributed by atoms with Gasteiger partial charge in [-0.05, 0) is 55.0 Å². The lowest BCUT2D eigenvalue weighted by molar-refractivity contribution is 0.200. The lowest BCUT2D eigenvalue weighted by Gasteiger charge is -2.30. The maximum absolute atomic E-state index is 6.26. The number of likely N-dealkylation sites (tertiary alicyclic amines) is 1. The van der Waals surface area contributed by atoms with Crippen LogP contribution in [-0.4, -0.2) is 49.1 Å². The summed E-state index contributed by atoms with van der Waals surface area (Å²) in [6.07, 6.45) is 0. The lowest BCUT2D eigenvalue weighted by atomic mass is 10.1. The molecule has 2 heterocycles. The molecule has 0 spiro atoms. The first-order valence-corrected chi connectivity index (χ1v) is 8.42. The number of halogens is 1. The maximum atomic E-state index is 6.26. The number of hydrogen-bond acceptors (Lipinski definition) is 4. The second-order valence-electron chi connectivity index (χ2n) is 5.91. The molecule has 19 heavy (non-hydrogen) atoms. The molecule has 0 bridgehead atoms. The Kier molecular flexibility index (Phi) is 5.06. The summed E-state index contributed by atoms with van der Waals surface area (Å²) >= 11 is 5.36. The van der Waals surface area contributed by atoms with E-state index < -0.39 is 0 Å². The Morgan fingerprint density at radius 1 is 1.42 bits per heavy atom. The smallest absolute Gasteiger partial charge is 0.0702 e. The van der Waals surface area contributed by atoms with Gasteiger partial charge in [0, 0.05) is 30.1 Å². The molecule has 5 heteroatoms. The van der Waals surface area contributed by atoms with Crippen LogP contribution >= 0.6 is 27.3 Å². The zero-order chi connectivity index (χ0) is 14.2. The van der Waals surface area contributed by atoms with E-state index in [0.717, 1.165) is 13.1 Å². The van der Waals surface area contributed by atoms with Crippen molar-refractivity contribution in [3.8, 4) is 0 Å². The van der Waals surface area contributed by atoms with Crippen molar-refractivity contribution in [3.63, 3.8) is 0 Å². The van der Waals surface area contributed by atoms with Crippen LogP contribution in [0.4, 0.5) is 0 Å². The van der Waals surface area contributed by atoms with Gasteiger partial charge in [-0.2, -0.15) is 0 Å². The van der Waals surface area contributed by atoms with Crippen LogP contribution in [0.25, 0.3) is 0 Å². The van der Waals surface area contributed by atoms with Crippen LogP contribution in [0.15, 0.2) is 15.9 Å². The van der Waals surface area contributed by atoms with Gasteiger partial charge in [-0.25, -0.2) is 0 Å². The molecule has 0 aromatic carbocycles. The highest BCUT2D eigenvalue weighted by atomic mass is 79.9. The normalized spacial score (nSPS) is 27.9. The topological polar surface area (TPSA) is 32.5 Å². The highest BCUT2D eigenvalue weighted by Gasteiger charge is 2.37.